The smallest absolute Gasteiger partial charge is 0.499 e. The molecule has 0 nitrogen and oxygen atoms in total. The van der Waals surface area contributed by atoms with E-state index in [-0.39, 0.29) is 26.2 Å². The summed E-state index contributed by atoms with van der Waals surface area (Å²) in [5.74, 6) is 6.93. The minimum absolute atomic E-state index is 0. The summed E-state index contributed by atoms with van der Waals surface area (Å²) >= 11 is 0. The molecular weight excluding hydrogens is 488 g/mol. The van der Waals surface area contributed by atoms with Crippen LogP contribution in [0.5, 0.6) is 0 Å². The van der Waals surface area contributed by atoms with Crippen molar-refractivity contribution in [3.05, 3.63) is 78.0 Å². The third kappa shape index (κ3) is 19.4. The molecule has 0 amide bonds. The molecule has 30 heavy (non-hydrogen) atoms. The average molecular weight is 530 g/mol. The molecule has 0 aliphatic rings. The Kier molecular flexibility index (Phi) is 16.1. The summed E-state index contributed by atoms with van der Waals surface area (Å²) in [6.07, 6.45) is 0. The predicted molar refractivity (Wildman–Crippen MR) is 142 cm³/mol. The van der Waals surface area contributed by atoms with Gasteiger partial charge in [0, 0.05) is 8.07 Å². The fourth-order valence-electron chi connectivity index (χ4n) is 2.62. The van der Waals surface area contributed by atoms with Crippen LogP contribution in [0.15, 0.2) is 66.2 Å². The van der Waals surface area contributed by atoms with E-state index < -0.39 is 24.2 Å². The molecule has 0 bridgehead atoms. The van der Waals surface area contributed by atoms with Gasteiger partial charge in [0.2, 0.25) is 0 Å². The maximum absolute atomic E-state index is 3.76. The van der Waals surface area contributed by atoms with Crippen molar-refractivity contribution in [3.8, 4) is 11.8 Å². The molecule has 0 aliphatic heterocycles. The molecule has 0 saturated heterocycles. The van der Waals surface area contributed by atoms with E-state index in [0.717, 1.165) is 0 Å². The molecule has 0 fully saturated rings. The summed E-state index contributed by atoms with van der Waals surface area (Å²) in [5, 5.41) is 0. The zero-order chi connectivity index (χ0) is 22.6. The van der Waals surface area contributed by atoms with Crippen molar-refractivity contribution < 1.29 is 26.2 Å². The van der Waals surface area contributed by atoms with Crippen LogP contribution in [-0.4, -0.2) is 24.2 Å². The van der Waals surface area contributed by atoms with Crippen molar-refractivity contribution >= 4 is 24.2 Å². The van der Waals surface area contributed by atoms with Gasteiger partial charge in [-0.2, -0.15) is 42.4 Å². The zero-order valence-electron chi connectivity index (χ0n) is 20.9. The monoisotopic (exact) mass is 528 g/mol. The van der Waals surface area contributed by atoms with E-state index in [4.69, 9.17) is 0 Å². The SMILES string of the molecule is CC(=[C-][Si](C)(C)C)[C@H](C#C[CH-][Si](C)(C)C)[Si](C)(C)C.[Zr+4].c1cc[cH-]c1.c1cc[cH-]c1. The van der Waals surface area contributed by atoms with Crippen molar-refractivity contribution in [2.75, 3.05) is 0 Å². The number of allylic oxidation sites excluding steroid dienone is 1. The van der Waals surface area contributed by atoms with E-state index in [0.29, 0.717) is 5.54 Å². The summed E-state index contributed by atoms with van der Waals surface area (Å²) in [6, 6.07) is 22.3. The van der Waals surface area contributed by atoms with Crippen LogP contribution >= 0.6 is 0 Å². The normalized spacial score (nSPS) is 12.5. The van der Waals surface area contributed by atoms with Gasteiger partial charge in [-0.3, -0.25) is 11.5 Å². The summed E-state index contributed by atoms with van der Waals surface area (Å²) in [6.45, 7) is 23.5. The summed E-state index contributed by atoms with van der Waals surface area (Å²) in [5.41, 5.74) is 5.61. The molecule has 0 aromatic heterocycles. The maximum atomic E-state index is 3.76. The van der Waals surface area contributed by atoms with Crippen LogP contribution < -0.4 is 0 Å². The third-order valence-corrected chi connectivity index (χ3v) is 8.18. The second kappa shape index (κ2) is 15.2. The quantitative estimate of drug-likeness (QED) is 0.213. The Hall–Kier alpha value is -0.596. The first-order valence-corrected chi connectivity index (χ1v) is 21.2. The largest absolute Gasteiger partial charge is 4.00 e. The number of hydrogen-bond donors (Lipinski definition) is 0. The Balaban J connectivity index is 0. The summed E-state index contributed by atoms with van der Waals surface area (Å²) < 4.78 is 0. The first-order valence-electron chi connectivity index (χ1n) is 10.5. The molecule has 0 radical (unpaired) electrons. The fraction of sp³-hybridized carbons (Fsp3) is 0.423. The average Bonchev–Trinajstić information content (AvgIpc) is 3.24. The third-order valence-electron chi connectivity index (χ3n) is 3.72. The minimum atomic E-state index is -1.30. The van der Waals surface area contributed by atoms with Crippen molar-refractivity contribution in [2.45, 2.75) is 71.4 Å². The van der Waals surface area contributed by atoms with E-state index >= 15 is 0 Å². The van der Waals surface area contributed by atoms with Crippen molar-refractivity contribution in [3.63, 3.8) is 0 Å². The molecule has 2 aromatic carbocycles. The topological polar surface area (TPSA) is 0 Å². The molecule has 0 heterocycles. The first-order chi connectivity index (χ1) is 13.2. The molecule has 162 valence electrons. The molecule has 4 heteroatoms. The molecule has 1 atom stereocenters. The first kappa shape index (κ1) is 31.6. The van der Waals surface area contributed by atoms with E-state index in [1.165, 1.54) is 5.57 Å². The second-order valence-corrected chi connectivity index (χ2v) is 25.7. The van der Waals surface area contributed by atoms with Crippen LogP contribution in [0.2, 0.25) is 64.5 Å². The van der Waals surface area contributed by atoms with Crippen LogP contribution in [0.1, 0.15) is 6.92 Å². The van der Waals surface area contributed by atoms with Gasteiger partial charge in [0.15, 0.2) is 0 Å². The molecule has 0 aliphatic carbocycles. The molecule has 0 saturated carbocycles. The van der Waals surface area contributed by atoms with Crippen LogP contribution in [0.3, 0.4) is 0 Å². The van der Waals surface area contributed by atoms with Gasteiger partial charge in [0.1, 0.15) is 0 Å². The van der Waals surface area contributed by atoms with E-state index in [2.05, 4.69) is 89.4 Å². The van der Waals surface area contributed by atoms with Crippen LogP contribution in [0, 0.1) is 23.6 Å². The molecule has 0 spiro atoms. The summed E-state index contributed by atoms with van der Waals surface area (Å²) in [7, 11) is -3.74. The van der Waals surface area contributed by atoms with Gasteiger partial charge in [-0.05, 0) is 8.07 Å². The Morgan fingerprint density at radius 2 is 1.20 bits per heavy atom. The Morgan fingerprint density at radius 3 is 1.43 bits per heavy atom. The van der Waals surface area contributed by atoms with Gasteiger partial charge >= 0.3 is 26.2 Å². The Bertz CT molecular complexity index is 650. The zero-order valence-corrected chi connectivity index (χ0v) is 26.4. The van der Waals surface area contributed by atoms with Crippen molar-refractivity contribution in [1.29, 1.82) is 0 Å². The van der Waals surface area contributed by atoms with E-state index in [1.807, 2.05) is 60.7 Å². The predicted octanol–water partition coefficient (Wildman–Crippen LogP) is 8.22. The van der Waals surface area contributed by atoms with Crippen molar-refractivity contribution in [1.82, 2.24) is 0 Å². The Morgan fingerprint density at radius 1 is 0.800 bits per heavy atom. The van der Waals surface area contributed by atoms with Gasteiger partial charge < -0.3 is 11.6 Å². The van der Waals surface area contributed by atoms with E-state index in [1.54, 1.807) is 0 Å². The van der Waals surface area contributed by atoms with Crippen LogP contribution in [-0.2, 0) is 26.2 Å². The van der Waals surface area contributed by atoms with Crippen LogP contribution in [0.25, 0.3) is 0 Å². The summed E-state index contributed by atoms with van der Waals surface area (Å²) in [4.78, 5) is 0. The van der Waals surface area contributed by atoms with Gasteiger partial charge in [-0.15, -0.1) is 8.07 Å². The van der Waals surface area contributed by atoms with Gasteiger partial charge in [0.25, 0.3) is 0 Å². The van der Waals surface area contributed by atoms with Gasteiger partial charge in [-0.1, -0.05) is 71.4 Å². The molecule has 0 N–H and O–H groups in total. The number of hydrogen-bond acceptors (Lipinski definition) is 0. The minimum Gasteiger partial charge on any atom is -0.499 e. The Labute approximate surface area is 210 Å². The molecular formula is C26H42Si3Zr. The second-order valence-electron chi connectivity index (χ2n) is 10.6. The van der Waals surface area contributed by atoms with Gasteiger partial charge in [-0.25, -0.2) is 24.3 Å². The van der Waals surface area contributed by atoms with E-state index in [9.17, 15) is 0 Å². The molecule has 2 rings (SSSR count). The van der Waals surface area contributed by atoms with Crippen LogP contribution in [0.4, 0.5) is 0 Å². The number of rotatable bonds is 4. The molecule has 0 unspecified atom stereocenters. The molecule has 2 aromatic rings. The fourth-order valence-corrected chi connectivity index (χ4v) is 6.50. The standard InChI is InChI=1S/C16H32Si3.2C5H5.Zr/c1-15(14-18(5,6)7)16(19(8,9)10)12-11-13-17(2,3)4;2*1-2-4-5-3-1;/h13,16H,1-10H3;2*1-5H;/q-2;2*-1;+4/t16-;;;/m0.../s1. The van der Waals surface area contributed by atoms with Crippen molar-refractivity contribution in [2.24, 2.45) is 0 Å². The van der Waals surface area contributed by atoms with Gasteiger partial charge in [0.05, 0.1) is 0 Å². The maximum Gasteiger partial charge on any atom is 4.00 e.